The van der Waals surface area contributed by atoms with Gasteiger partial charge < -0.3 is 14.6 Å². The number of aromatic nitrogens is 4. The van der Waals surface area contributed by atoms with Crippen LogP contribution < -0.4 is 4.90 Å². The van der Waals surface area contributed by atoms with Crippen molar-refractivity contribution in [2.45, 2.75) is 13.0 Å². The number of fused-ring (bicyclic) bond motifs is 2. The fourth-order valence-electron chi connectivity index (χ4n) is 3.85. The number of hydrogen-bond donors (Lipinski definition) is 1. The summed E-state index contributed by atoms with van der Waals surface area (Å²) >= 11 is 0. The third-order valence-electron chi connectivity index (χ3n) is 5.27. The van der Waals surface area contributed by atoms with Crippen LogP contribution in [-0.4, -0.2) is 59.4 Å². The van der Waals surface area contributed by atoms with E-state index in [1.807, 2.05) is 36.4 Å². The van der Waals surface area contributed by atoms with Gasteiger partial charge in [0.15, 0.2) is 11.5 Å². The average molecular weight is 411 g/mol. The Hall–Kier alpha value is -2.91. The number of imidazole rings is 1. The van der Waals surface area contributed by atoms with E-state index in [-0.39, 0.29) is 6.04 Å². The van der Waals surface area contributed by atoms with Gasteiger partial charge in [-0.3, -0.25) is 0 Å². The zero-order valence-electron chi connectivity index (χ0n) is 16.2. The largest absolute Gasteiger partial charge is 0.377 e. The zero-order chi connectivity index (χ0) is 20.2. The molecule has 8 nitrogen and oxygen atoms in total. The van der Waals surface area contributed by atoms with Crippen LogP contribution in [0.3, 0.4) is 0 Å². The van der Waals surface area contributed by atoms with Gasteiger partial charge in [-0.15, -0.1) is 0 Å². The molecule has 5 rings (SSSR count). The molecule has 1 N–H and O–H groups in total. The molecule has 0 amide bonds. The number of H-pyrrole nitrogens is 1. The van der Waals surface area contributed by atoms with Crippen LogP contribution in [0.5, 0.6) is 0 Å². The summed E-state index contributed by atoms with van der Waals surface area (Å²) in [6.45, 7) is 4.07. The molecule has 0 radical (unpaired) electrons. The maximum Gasteiger partial charge on any atom is 0.237 e. The van der Waals surface area contributed by atoms with Crippen molar-refractivity contribution in [1.29, 1.82) is 0 Å². The van der Waals surface area contributed by atoms with Crippen LogP contribution in [0.1, 0.15) is 6.92 Å². The summed E-state index contributed by atoms with van der Waals surface area (Å²) in [5.74, 6) is 0.608. The summed E-state index contributed by atoms with van der Waals surface area (Å²) in [5.41, 5.74) is 3.68. The third-order valence-corrected chi connectivity index (χ3v) is 6.28. The molecule has 9 heteroatoms. The van der Waals surface area contributed by atoms with Crippen molar-refractivity contribution < 1.29 is 13.2 Å². The Bertz CT molecular complexity index is 1290. The highest BCUT2D eigenvalue weighted by atomic mass is 32.2. The lowest BCUT2D eigenvalue weighted by atomic mass is 10.1. The van der Waals surface area contributed by atoms with E-state index in [0.29, 0.717) is 30.4 Å². The Labute approximate surface area is 168 Å². The molecule has 1 fully saturated rings. The molecule has 0 aliphatic carbocycles. The summed E-state index contributed by atoms with van der Waals surface area (Å²) < 4.78 is 31.4. The molecule has 1 unspecified atom stereocenters. The summed E-state index contributed by atoms with van der Waals surface area (Å²) in [7, 11) is -3.49. The lowest BCUT2D eigenvalue weighted by Crippen LogP contribution is -2.43. The van der Waals surface area contributed by atoms with Crippen molar-refractivity contribution in [2.75, 3.05) is 30.9 Å². The number of para-hydroxylation sites is 2. The Morgan fingerprint density at radius 1 is 1.21 bits per heavy atom. The van der Waals surface area contributed by atoms with Crippen molar-refractivity contribution in [1.82, 2.24) is 18.9 Å². The van der Waals surface area contributed by atoms with E-state index in [1.54, 1.807) is 6.20 Å². The van der Waals surface area contributed by atoms with Gasteiger partial charge in [-0.05, 0) is 31.2 Å². The van der Waals surface area contributed by atoms with Gasteiger partial charge in [0, 0.05) is 24.2 Å². The maximum atomic E-state index is 12.3. The van der Waals surface area contributed by atoms with Gasteiger partial charge in [-0.1, -0.05) is 12.1 Å². The quantitative estimate of drug-likeness (QED) is 0.557. The number of morpholine rings is 1. The molecule has 0 spiro atoms. The first-order valence-electron chi connectivity index (χ1n) is 9.44. The highest BCUT2D eigenvalue weighted by Crippen LogP contribution is 2.33. The fraction of sp³-hybridized carbons (Fsp3) is 0.300. The van der Waals surface area contributed by atoms with Crippen molar-refractivity contribution in [3.63, 3.8) is 0 Å². The standard InChI is InChI=1S/C20H21N5O3S/c1-13-12-28-10-9-24(13)18-11-17(19-21-15-5-3-4-6-16(15)22-19)23-20-14(18)7-8-25(20)29(2,26)27/h3-8,11,13H,9-10,12H2,1-2H3,(H,21,22). The van der Waals surface area contributed by atoms with E-state index in [0.717, 1.165) is 28.7 Å². The van der Waals surface area contributed by atoms with Crippen LogP contribution in [0.2, 0.25) is 0 Å². The summed E-state index contributed by atoms with van der Waals surface area (Å²) in [5, 5.41) is 0.795. The molecule has 1 saturated heterocycles. The van der Waals surface area contributed by atoms with Crippen molar-refractivity contribution in [3.8, 4) is 11.5 Å². The van der Waals surface area contributed by atoms with Gasteiger partial charge in [0.2, 0.25) is 10.0 Å². The monoisotopic (exact) mass is 411 g/mol. The molecule has 0 saturated carbocycles. The lowest BCUT2D eigenvalue weighted by Gasteiger charge is -2.35. The molecule has 3 aromatic heterocycles. The first-order valence-corrected chi connectivity index (χ1v) is 11.3. The number of benzene rings is 1. The van der Waals surface area contributed by atoms with Crippen LogP contribution in [0, 0.1) is 0 Å². The molecule has 29 heavy (non-hydrogen) atoms. The van der Waals surface area contributed by atoms with Gasteiger partial charge in [-0.25, -0.2) is 22.4 Å². The smallest absolute Gasteiger partial charge is 0.237 e. The summed E-state index contributed by atoms with van der Waals surface area (Å²) in [6.07, 6.45) is 2.74. The van der Waals surface area contributed by atoms with Crippen LogP contribution in [-0.2, 0) is 14.8 Å². The number of rotatable bonds is 3. The number of pyridine rings is 1. The van der Waals surface area contributed by atoms with Crippen molar-refractivity contribution in [3.05, 3.63) is 42.6 Å². The Kier molecular flexibility index (Phi) is 4.11. The van der Waals surface area contributed by atoms with E-state index in [9.17, 15) is 8.42 Å². The summed E-state index contributed by atoms with van der Waals surface area (Å²) in [4.78, 5) is 14.9. The lowest BCUT2D eigenvalue weighted by molar-refractivity contribution is 0.0991. The molecule has 4 heterocycles. The average Bonchev–Trinajstić information content (AvgIpc) is 3.31. The number of aromatic amines is 1. The van der Waals surface area contributed by atoms with Crippen LogP contribution >= 0.6 is 0 Å². The van der Waals surface area contributed by atoms with Gasteiger partial charge in [0.1, 0.15) is 5.69 Å². The molecule has 1 aliphatic heterocycles. The van der Waals surface area contributed by atoms with Gasteiger partial charge in [-0.2, -0.15) is 0 Å². The van der Waals surface area contributed by atoms with Crippen LogP contribution in [0.4, 0.5) is 5.69 Å². The fourth-order valence-corrected chi connectivity index (χ4v) is 4.59. The van der Waals surface area contributed by atoms with E-state index in [2.05, 4.69) is 26.8 Å². The minimum atomic E-state index is -3.49. The molecule has 1 aliphatic rings. The predicted octanol–water partition coefficient (Wildman–Crippen LogP) is 2.61. The zero-order valence-corrected chi connectivity index (χ0v) is 17.0. The van der Waals surface area contributed by atoms with Crippen molar-refractivity contribution in [2.24, 2.45) is 0 Å². The second kappa shape index (κ2) is 6.57. The first kappa shape index (κ1) is 18.1. The van der Waals surface area contributed by atoms with Gasteiger partial charge >= 0.3 is 0 Å². The molecule has 1 aromatic carbocycles. The number of nitrogens with zero attached hydrogens (tertiary/aromatic N) is 4. The van der Waals surface area contributed by atoms with E-state index in [4.69, 9.17) is 4.74 Å². The molecule has 0 bridgehead atoms. The second-order valence-electron chi connectivity index (χ2n) is 7.36. The minimum absolute atomic E-state index is 0.166. The van der Waals surface area contributed by atoms with E-state index in [1.165, 1.54) is 10.2 Å². The van der Waals surface area contributed by atoms with Gasteiger partial charge in [0.05, 0.1) is 36.2 Å². The Balaban J connectivity index is 1.77. The normalized spacial score (nSPS) is 18.0. The van der Waals surface area contributed by atoms with Gasteiger partial charge in [0.25, 0.3) is 0 Å². The van der Waals surface area contributed by atoms with E-state index >= 15 is 0 Å². The van der Waals surface area contributed by atoms with Crippen LogP contribution in [0.25, 0.3) is 33.6 Å². The number of ether oxygens (including phenoxy) is 1. The highest BCUT2D eigenvalue weighted by molar-refractivity contribution is 7.89. The molecular formula is C20H21N5O3S. The SMILES string of the molecule is CC1COCCN1c1cc(-c2nc3ccccc3[nH]2)nc2c1ccn2S(C)(=O)=O. The Morgan fingerprint density at radius 3 is 2.79 bits per heavy atom. The van der Waals surface area contributed by atoms with Crippen LogP contribution in [0.15, 0.2) is 42.6 Å². The second-order valence-corrected chi connectivity index (χ2v) is 9.22. The summed E-state index contributed by atoms with van der Waals surface area (Å²) in [6, 6.07) is 11.7. The highest BCUT2D eigenvalue weighted by Gasteiger charge is 2.25. The molecule has 4 aromatic rings. The number of hydrogen-bond acceptors (Lipinski definition) is 6. The Morgan fingerprint density at radius 2 is 2.03 bits per heavy atom. The van der Waals surface area contributed by atoms with E-state index < -0.39 is 10.0 Å². The van der Waals surface area contributed by atoms with Crippen molar-refractivity contribution >= 4 is 37.8 Å². The molecular weight excluding hydrogens is 390 g/mol. The number of nitrogens with one attached hydrogen (secondary N) is 1. The number of anilines is 1. The molecule has 150 valence electrons. The minimum Gasteiger partial charge on any atom is -0.377 e. The molecule has 1 atom stereocenters. The maximum absolute atomic E-state index is 12.3. The topological polar surface area (TPSA) is 93.1 Å². The first-order chi connectivity index (χ1) is 13.9. The third kappa shape index (κ3) is 3.06. The predicted molar refractivity (Wildman–Crippen MR) is 113 cm³/mol.